The lowest BCUT2D eigenvalue weighted by molar-refractivity contribution is -0.384. The number of hydrogen-bond acceptors (Lipinski definition) is 4. The Morgan fingerprint density at radius 2 is 2.27 bits per heavy atom. The van der Waals surface area contributed by atoms with Gasteiger partial charge in [0.1, 0.15) is 0 Å². The predicted molar refractivity (Wildman–Crippen MR) is 42.5 cm³/mol. The van der Waals surface area contributed by atoms with Crippen LogP contribution >= 0.6 is 0 Å². The van der Waals surface area contributed by atoms with E-state index in [1.54, 1.807) is 12.1 Å². The van der Waals surface area contributed by atoms with Crippen LogP contribution in [0.5, 0.6) is 0 Å². The van der Waals surface area contributed by atoms with Crippen LogP contribution in [0.15, 0.2) is 28.6 Å². The van der Waals surface area contributed by atoms with E-state index in [4.69, 9.17) is 0 Å². The standard InChI is InChI=1S/C6H4N2O2S/c9-8(10)6-3-1-2-5(4-6)7-11/h1-4H. The van der Waals surface area contributed by atoms with Crippen molar-refractivity contribution >= 4 is 23.8 Å². The van der Waals surface area contributed by atoms with E-state index in [-0.39, 0.29) is 5.69 Å². The summed E-state index contributed by atoms with van der Waals surface area (Å²) in [5.74, 6) is 0. The normalized spacial score (nSPS) is 9.09. The average molecular weight is 168 g/mol. The third-order valence-electron chi connectivity index (χ3n) is 1.15. The Hall–Kier alpha value is -1.36. The van der Waals surface area contributed by atoms with Crippen molar-refractivity contribution in [3.05, 3.63) is 34.4 Å². The molecule has 4 nitrogen and oxygen atoms in total. The van der Waals surface area contributed by atoms with E-state index in [1.165, 1.54) is 12.1 Å². The molecule has 0 N–H and O–H groups in total. The van der Waals surface area contributed by atoms with Crippen molar-refractivity contribution in [2.24, 2.45) is 4.36 Å². The first-order chi connectivity index (χ1) is 5.24. The molecular formula is C6H4N2O2S. The minimum absolute atomic E-state index is 0.0103. The molecule has 0 radical (unpaired) electrons. The summed E-state index contributed by atoms with van der Waals surface area (Å²) in [6.07, 6.45) is 0. The second-order valence-electron chi connectivity index (χ2n) is 1.87. The molecule has 0 atom stereocenters. The van der Waals surface area contributed by atoms with Gasteiger partial charge in [-0.25, -0.2) is 0 Å². The molecule has 0 saturated heterocycles. The van der Waals surface area contributed by atoms with Gasteiger partial charge in [-0.2, -0.15) is 4.36 Å². The Bertz CT molecular complexity index is 300. The summed E-state index contributed by atoms with van der Waals surface area (Å²) >= 11 is 4.37. The zero-order chi connectivity index (χ0) is 8.27. The Balaban J connectivity index is 3.10. The van der Waals surface area contributed by atoms with E-state index in [0.29, 0.717) is 5.69 Å². The fraction of sp³-hybridized carbons (Fsp3) is 0. The van der Waals surface area contributed by atoms with Crippen LogP contribution in [-0.4, -0.2) is 4.92 Å². The molecule has 1 aromatic rings. The third-order valence-corrected chi connectivity index (χ3v) is 1.36. The fourth-order valence-corrected chi connectivity index (χ4v) is 0.777. The molecule has 0 spiro atoms. The van der Waals surface area contributed by atoms with Crippen LogP contribution in [0, 0.1) is 10.1 Å². The molecular weight excluding hydrogens is 164 g/mol. The lowest BCUT2D eigenvalue weighted by Crippen LogP contribution is -1.85. The summed E-state index contributed by atoms with van der Waals surface area (Å²) in [6, 6.07) is 5.88. The molecule has 0 fully saturated rings. The zero-order valence-corrected chi connectivity index (χ0v) is 6.25. The Morgan fingerprint density at radius 3 is 2.82 bits per heavy atom. The maximum absolute atomic E-state index is 10.2. The van der Waals surface area contributed by atoms with Crippen molar-refractivity contribution in [1.82, 2.24) is 0 Å². The highest BCUT2D eigenvalue weighted by Crippen LogP contribution is 2.18. The number of nitro benzene ring substituents is 1. The van der Waals surface area contributed by atoms with Crippen LogP contribution in [0.4, 0.5) is 11.4 Å². The zero-order valence-electron chi connectivity index (χ0n) is 5.43. The SMILES string of the molecule is O=[N+]([O-])c1cccc(N=S)c1. The van der Waals surface area contributed by atoms with Crippen molar-refractivity contribution < 1.29 is 4.92 Å². The topological polar surface area (TPSA) is 55.5 Å². The van der Waals surface area contributed by atoms with Crippen LogP contribution in [0.3, 0.4) is 0 Å². The predicted octanol–water partition coefficient (Wildman–Crippen LogP) is 1.96. The summed E-state index contributed by atoms with van der Waals surface area (Å²) in [7, 11) is 0. The number of rotatable bonds is 2. The quantitative estimate of drug-likeness (QED) is 0.501. The second kappa shape index (κ2) is 3.16. The van der Waals surface area contributed by atoms with Gasteiger partial charge in [0.2, 0.25) is 0 Å². The summed E-state index contributed by atoms with van der Waals surface area (Å²) in [5, 5.41) is 10.2. The van der Waals surface area contributed by atoms with Gasteiger partial charge < -0.3 is 0 Å². The smallest absolute Gasteiger partial charge is 0.258 e. The molecule has 1 aromatic carbocycles. The summed E-state index contributed by atoms with van der Waals surface area (Å²) in [6.45, 7) is 0. The minimum atomic E-state index is -0.482. The van der Waals surface area contributed by atoms with E-state index in [1.807, 2.05) is 0 Å². The van der Waals surface area contributed by atoms with Crippen LogP contribution in [-0.2, 0) is 12.4 Å². The Morgan fingerprint density at radius 1 is 1.55 bits per heavy atom. The monoisotopic (exact) mass is 168 g/mol. The lowest BCUT2D eigenvalue weighted by Gasteiger charge is -1.90. The van der Waals surface area contributed by atoms with Gasteiger partial charge in [0, 0.05) is 24.6 Å². The van der Waals surface area contributed by atoms with Gasteiger partial charge >= 0.3 is 0 Å². The molecule has 0 aliphatic heterocycles. The van der Waals surface area contributed by atoms with E-state index in [2.05, 4.69) is 16.8 Å². The number of nitro groups is 1. The first-order valence-electron chi connectivity index (χ1n) is 2.82. The molecule has 0 aliphatic carbocycles. The lowest BCUT2D eigenvalue weighted by atomic mass is 10.3. The second-order valence-corrected chi connectivity index (χ2v) is 2.05. The molecule has 0 aromatic heterocycles. The average Bonchev–Trinajstić information content (AvgIpc) is 2.05. The van der Waals surface area contributed by atoms with Crippen molar-refractivity contribution in [2.45, 2.75) is 0 Å². The van der Waals surface area contributed by atoms with Gasteiger partial charge in [-0.15, -0.1) is 0 Å². The maximum Gasteiger partial charge on any atom is 0.271 e. The molecule has 5 heteroatoms. The number of benzene rings is 1. The van der Waals surface area contributed by atoms with Gasteiger partial charge in [-0.05, 0) is 6.07 Å². The molecule has 0 amide bonds. The summed E-state index contributed by atoms with van der Waals surface area (Å²) < 4.78 is 3.39. The van der Waals surface area contributed by atoms with Crippen LogP contribution in [0.25, 0.3) is 0 Å². The Labute approximate surface area is 68.2 Å². The number of hydrogen-bond donors (Lipinski definition) is 0. The molecule has 0 unspecified atom stereocenters. The van der Waals surface area contributed by atoms with Gasteiger partial charge in [-0.3, -0.25) is 10.1 Å². The van der Waals surface area contributed by atoms with Crippen LogP contribution in [0.1, 0.15) is 0 Å². The highest BCUT2D eigenvalue weighted by atomic mass is 32.1. The molecule has 0 saturated carbocycles. The maximum atomic E-state index is 10.2. The van der Waals surface area contributed by atoms with Crippen molar-refractivity contribution in [3.63, 3.8) is 0 Å². The highest BCUT2D eigenvalue weighted by molar-refractivity contribution is 7.47. The summed E-state index contributed by atoms with van der Waals surface area (Å²) in [5.41, 5.74) is 0.449. The molecule has 11 heavy (non-hydrogen) atoms. The molecule has 0 heterocycles. The van der Waals surface area contributed by atoms with E-state index >= 15 is 0 Å². The molecule has 56 valence electrons. The molecule has 1 rings (SSSR count). The Kier molecular flexibility index (Phi) is 2.22. The van der Waals surface area contributed by atoms with Crippen molar-refractivity contribution in [1.29, 1.82) is 0 Å². The van der Waals surface area contributed by atoms with Gasteiger partial charge in [-0.1, -0.05) is 6.07 Å². The number of nitrogens with zero attached hydrogens (tertiary/aromatic N) is 2. The largest absolute Gasteiger partial charge is 0.271 e. The van der Waals surface area contributed by atoms with Crippen molar-refractivity contribution in [3.8, 4) is 0 Å². The van der Waals surface area contributed by atoms with Gasteiger partial charge in [0.15, 0.2) is 0 Å². The van der Waals surface area contributed by atoms with Crippen LogP contribution in [0.2, 0.25) is 0 Å². The number of non-ortho nitro benzene ring substituents is 1. The van der Waals surface area contributed by atoms with E-state index in [9.17, 15) is 10.1 Å². The van der Waals surface area contributed by atoms with Crippen LogP contribution < -0.4 is 0 Å². The van der Waals surface area contributed by atoms with Gasteiger partial charge in [0.25, 0.3) is 5.69 Å². The summed E-state index contributed by atoms with van der Waals surface area (Å²) in [4.78, 5) is 9.72. The fourth-order valence-electron chi connectivity index (χ4n) is 0.663. The molecule has 0 bridgehead atoms. The highest BCUT2D eigenvalue weighted by Gasteiger charge is 2.03. The molecule has 0 aliphatic rings. The van der Waals surface area contributed by atoms with Gasteiger partial charge in [0.05, 0.1) is 10.6 Å². The third kappa shape index (κ3) is 1.78. The van der Waals surface area contributed by atoms with E-state index < -0.39 is 4.92 Å². The minimum Gasteiger partial charge on any atom is -0.258 e. The first-order valence-corrected chi connectivity index (χ1v) is 3.18. The first kappa shape index (κ1) is 7.74. The van der Waals surface area contributed by atoms with Crippen molar-refractivity contribution in [2.75, 3.05) is 0 Å². The van der Waals surface area contributed by atoms with E-state index in [0.717, 1.165) is 0 Å².